The largest absolute Gasteiger partial charge is 0.347 e. The molecule has 2 heterocycles. The van der Waals surface area contributed by atoms with Crippen LogP contribution in [0, 0.1) is 12.7 Å². The molecule has 0 fully saturated rings. The number of hydrogen-bond acceptors (Lipinski definition) is 4. The van der Waals surface area contributed by atoms with Gasteiger partial charge in [-0.2, -0.15) is 0 Å². The Morgan fingerprint density at radius 2 is 2.21 bits per heavy atom. The molecule has 0 aliphatic heterocycles. The van der Waals surface area contributed by atoms with Crippen molar-refractivity contribution in [2.24, 2.45) is 0 Å². The maximum atomic E-state index is 13.2. The van der Waals surface area contributed by atoms with Gasteiger partial charge in [0.15, 0.2) is 5.69 Å². The summed E-state index contributed by atoms with van der Waals surface area (Å²) in [6.07, 6.45) is 4.97. The number of pyridine rings is 1. The Balaban J connectivity index is 1.62. The lowest BCUT2D eigenvalue weighted by atomic mass is 10.1. The van der Waals surface area contributed by atoms with Gasteiger partial charge in [-0.05, 0) is 41.8 Å². The molecule has 0 radical (unpaired) electrons. The molecule has 2 aromatic heterocycles. The van der Waals surface area contributed by atoms with Crippen molar-refractivity contribution in [2.45, 2.75) is 20.0 Å². The minimum absolute atomic E-state index is 0.220. The minimum atomic E-state index is -0.309. The Bertz CT molecular complexity index is 861. The SMILES string of the molecule is Cc1cnccc1CNC(=O)c1cn(Cc2cccc(F)c2)nn1. The van der Waals surface area contributed by atoms with E-state index in [1.54, 1.807) is 30.7 Å². The molecular weight excluding hydrogens is 309 g/mol. The Hall–Kier alpha value is -3.09. The second-order valence-corrected chi connectivity index (χ2v) is 5.42. The van der Waals surface area contributed by atoms with E-state index in [2.05, 4.69) is 20.6 Å². The molecule has 122 valence electrons. The maximum absolute atomic E-state index is 13.2. The molecule has 1 amide bonds. The van der Waals surface area contributed by atoms with Gasteiger partial charge < -0.3 is 5.32 Å². The zero-order valence-electron chi connectivity index (χ0n) is 13.1. The van der Waals surface area contributed by atoms with Crippen molar-refractivity contribution in [3.05, 3.63) is 77.1 Å². The number of amides is 1. The average Bonchev–Trinajstić information content (AvgIpc) is 3.02. The van der Waals surface area contributed by atoms with E-state index in [9.17, 15) is 9.18 Å². The number of benzene rings is 1. The highest BCUT2D eigenvalue weighted by molar-refractivity contribution is 5.91. The van der Waals surface area contributed by atoms with E-state index in [1.165, 1.54) is 16.8 Å². The first-order chi connectivity index (χ1) is 11.6. The fourth-order valence-corrected chi connectivity index (χ4v) is 2.27. The molecule has 0 aliphatic carbocycles. The average molecular weight is 325 g/mol. The standard InChI is InChI=1S/C17H16FN5O/c1-12-8-19-6-5-14(12)9-20-17(24)16-11-23(22-21-16)10-13-3-2-4-15(18)7-13/h2-8,11H,9-10H2,1H3,(H,20,24). The van der Waals surface area contributed by atoms with Crippen LogP contribution < -0.4 is 5.32 Å². The normalized spacial score (nSPS) is 10.6. The van der Waals surface area contributed by atoms with Crippen molar-refractivity contribution in [3.63, 3.8) is 0 Å². The van der Waals surface area contributed by atoms with Crippen molar-refractivity contribution in [2.75, 3.05) is 0 Å². The fraction of sp³-hybridized carbons (Fsp3) is 0.176. The van der Waals surface area contributed by atoms with Crippen LogP contribution in [0.25, 0.3) is 0 Å². The minimum Gasteiger partial charge on any atom is -0.347 e. The smallest absolute Gasteiger partial charge is 0.273 e. The highest BCUT2D eigenvalue weighted by Crippen LogP contribution is 2.07. The number of halogens is 1. The van der Waals surface area contributed by atoms with Gasteiger partial charge in [-0.1, -0.05) is 17.3 Å². The molecule has 3 aromatic rings. The zero-order chi connectivity index (χ0) is 16.9. The molecule has 1 N–H and O–H groups in total. The first-order valence-electron chi connectivity index (χ1n) is 7.44. The van der Waals surface area contributed by atoms with E-state index in [0.717, 1.165) is 16.7 Å². The molecule has 0 saturated heterocycles. The van der Waals surface area contributed by atoms with Crippen LogP contribution in [0.3, 0.4) is 0 Å². The number of hydrogen-bond donors (Lipinski definition) is 1. The molecular formula is C17H16FN5O. The molecule has 24 heavy (non-hydrogen) atoms. The predicted molar refractivity (Wildman–Crippen MR) is 85.7 cm³/mol. The summed E-state index contributed by atoms with van der Waals surface area (Å²) in [6, 6.07) is 8.08. The van der Waals surface area contributed by atoms with Gasteiger partial charge in [0.25, 0.3) is 5.91 Å². The van der Waals surface area contributed by atoms with Crippen molar-refractivity contribution in [1.82, 2.24) is 25.3 Å². The van der Waals surface area contributed by atoms with E-state index in [4.69, 9.17) is 0 Å². The van der Waals surface area contributed by atoms with E-state index in [-0.39, 0.29) is 17.4 Å². The first kappa shape index (κ1) is 15.8. The van der Waals surface area contributed by atoms with Crippen LogP contribution >= 0.6 is 0 Å². The summed E-state index contributed by atoms with van der Waals surface area (Å²) in [5.41, 5.74) is 2.97. The lowest BCUT2D eigenvalue weighted by Gasteiger charge is -2.05. The number of aromatic nitrogens is 4. The van der Waals surface area contributed by atoms with Gasteiger partial charge in [-0.15, -0.1) is 5.10 Å². The quantitative estimate of drug-likeness (QED) is 0.780. The first-order valence-corrected chi connectivity index (χ1v) is 7.44. The second-order valence-electron chi connectivity index (χ2n) is 5.42. The van der Waals surface area contributed by atoms with Crippen LogP contribution in [0.1, 0.15) is 27.2 Å². The second kappa shape index (κ2) is 6.99. The molecule has 3 rings (SSSR count). The Kier molecular flexibility index (Phi) is 4.60. The van der Waals surface area contributed by atoms with E-state index < -0.39 is 0 Å². The van der Waals surface area contributed by atoms with Crippen LogP contribution in [0.2, 0.25) is 0 Å². The molecule has 6 nitrogen and oxygen atoms in total. The summed E-state index contributed by atoms with van der Waals surface area (Å²) >= 11 is 0. The van der Waals surface area contributed by atoms with Gasteiger partial charge in [0.2, 0.25) is 0 Å². The van der Waals surface area contributed by atoms with E-state index in [1.807, 2.05) is 13.0 Å². The third kappa shape index (κ3) is 3.81. The highest BCUT2D eigenvalue weighted by Gasteiger charge is 2.11. The Labute approximate surface area is 138 Å². The number of nitrogens with zero attached hydrogens (tertiary/aromatic N) is 4. The number of carbonyl (C=O) groups excluding carboxylic acids is 1. The van der Waals surface area contributed by atoms with Gasteiger partial charge in [-0.3, -0.25) is 9.78 Å². The van der Waals surface area contributed by atoms with E-state index >= 15 is 0 Å². The number of nitrogens with one attached hydrogen (secondary N) is 1. The van der Waals surface area contributed by atoms with Crippen LogP contribution in [0.5, 0.6) is 0 Å². The van der Waals surface area contributed by atoms with Gasteiger partial charge in [0.05, 0.1) is 12.7 Å². The lowest BCUT2D eigenvalue weighted by Crippen LogP contribution is -2.23. The maximum Gasteiger partial charge on any atom is 0.273 e. The monoisotopic (exact) mass is 325 g/mol. The fourth-order valence-electron chi connectivity index (χ4n) is 2.27. The molecule has 0 saturated carbocycles. The van der Waals surface area contributed by atoms with Crippen molar-refractivity contribution < 1.29 is 9.18 Å². The van der Waals surface area contributed by atoms with Crippen molar-refractivity contribution in [1.29, 1.82) is 0 Å². The molecule has 0 bridgehead atoms. The Morgan fingerprint density at radius 1 is 1.33 bits per heavy atom. The summed E-state index contributed by atoms with van der Waals surface area (Å²) in [5.74, 6) is -0.616. The number of aryl methyl sites for hydroxylation is 1. The molecule has 1 aromatic carbocycles. The molecule has 0 aliphatic rings. The van der Waals surface area contributed by atoms with Crippen molar-refractivity contribution >= 4 is 5.91 Å². The summed E-state index contributed by atoms with van der Waals surface area (Å²) in [7, 11) is 0. The third-order valence-electron chi connectivity index (χ3n) is 3.58. The van der Waals surface area contributed by atoms with Gasteiger partial charge in [0.1, 0.15) is 5.82 Å². The Morgan fingerprint density at radius 3 is 3.00 bits per heavy atom. The van der Waals surface area contributed by atoms with E-state index in [0.29, 0.717) is 13.1 Å². The van der Waals surface area contributed by atoms with Crippen LogP contribution in [0.15, 0.2) is 48.9 Å². The third-order valence-corrected chi connectivity index (χ3v) is 3.58. The van der Waals surface area contributed by atoms with Crippen LogP contribution in [0.4, 0.5) is 4.39 Å². The van der Waals surface area contributed by atoms with Crippen LogP contribution in [-0.2, 0) is 13.1 Å². The summed E-state index contributed by atoms with van der Waals surface area (Å²) in [5, 5.41) is 10.6. The summed E-state index contributed by atoms with van der Waals surface area (Å²) in [4.78, 5) is 16.2. The predicted octanol–water partition coefficient (Wildman–Crippen LogP) is 2.10. The summed E-state index contributed by atoms with van der Waals surface area (Å²) < 4.78 is 14.7. The lowest BCUT2D eigenvalue weighted by molar-refractivity contribution is 0.0945. The molecule has 7 heteroatoms. The molecule has 0 unspecified atom stereocenters. The highest BCUT2D eigenvalue weighted by atomic mass is 19.1. The number of carbonyl (C=O) groups is 1. The molecule has 0 atom stereocenters. The van der Waals surface area contributed by atoms with Crippen LogP contribution in [-0.4, -0.2) is 25.9 Å². The molecule has 0 spiro atoms. The zero-order valence-corrected chi connectivity index (χ0v) is 13.1. The summed E-state index contributed by atoms with van der Waals surface area (Å²) in [6.45, 7) is 2.68. The van der Waals surface area contributed by atoms with Gasteiger partial charge in [0, 0.05) is 18.9 Å². The van der Waals surface area contributed by atoms with Gasteiger partial charge >= 0.3 is 0 Å². The van der Waals surface area contributed by atoms with Gasteiger partial charge in [-0.25, -0.2) is 9.07 Å². The topological polar surface area (TPSA) is 72.7 Å². The van der Waals surface area contributed by atoms with Crippen molar-refractivity contribution in [3.8, 4) is 0 Å². The number of rotatable bonds is 5.